The predicted molar refractivity (Wildman–Crippen MR) is 88.9 cm³/mol. The Labute approximate surface area is 136 Å². The number of benzene rings is 2. The minimum absolute atomic E-state index is 0.123. The lowest BCUT2D eigenvalue weighted by Gasteiger charge is -2.15. The van der Waals surface area contributed by atoms with E-state index in [1.165, 1.54) is 30.3 Å². The van der Waals surface area contributed by atoms with Crippen LogP contribution in [-0.4, -0.2) is 15.0 Å². The molecule has 2 aromatic rings. The van der Waals surface area contributed by atoms with E-state index in [0.717, 1.165) is 5.56 Å². The first-order valence-corrected chi connectivity index (χ1v) is 8.87. The molecular weight excluding hydrogens is 317 g/mol. The lowest BCUT2D eigenvalue weighted by atomic mass is 10.0. The number of halogens is 1. The van der Waals surface area contributed by atoms with E-state index in [1.54, 1.807) is 12.1 Å². The van der Waals surface area contributed by atoms with Crippen LogP contribution in [0.3, 0.4) is 0 Å². The Morgan fingerprint density at radius 2 is 1.78 bits per heavy atom. The minimum Gasteiger partial charge on any atom is -0.494 e. The van der Waals surface area contributed by atoms with Crippen molar-refractivity contribution in [3.8, 4) is 5.75 Å². The summed E-state index contributed by atoms with van der Waals surface area (Å²) in [5, 5.41) is 0. The van der Waals surface area contributed by atoms with Gasteiger partial charge in [-0.25, -0.2) is 12.8 Å². The highest BCUT2D eigenvalue weighted by molar-refractivity contribution is 7.92. The Morgan fingerprint density at radius 3 is 2.35 bits per heavy atom. The molecule has 23 heavy (non-hydrogen) atoms. The average molecular weight is 337 g/mol. The number of sulfonamides is 1. The lowest BCUT2D eigenvalue weighted by Crippen LogP contribution is -2.13. The van der Waals surface area contributed by atoms with E-state index in [4.69, 9.17) is 4.74 Å². The third kappa shape index (κ3) is 4.22. The van der Waals surface area contributed by atoms with Crippen LogP contribution in [-0.2, 0) is 10.0 Å². The van der Waals surface area contributed by atoms with Crippen molar-refractivity contribution in [1.82, 2.24) is 0 Å². The Kier molecular flexibility index (Phi) is 5.26. The smallest absolute Gasteiger partial charge is 0.261 e. The van der Waals surface area contributed by atoms with Crippen molar-refractivity contribution < 1.29 is 17.5 Å². The van der Waals surface area contributed by atoms with Crippen LogP contribution < -0.4 is 9.46 Å². The van der Waals surface area contributed by atoms with E-state index in [1.807, 2.05) is 20.8 Å². The van der Waals surface area contributed by atoms with Crippen molar-refractivity contribution in [2.24, 2.45) is 0 Å². The van der Waals surface area contributed by atoms with E-state index in [0.29, 0.717) is 18.0 Å². The zero-order valence-electron chi connectivity index (χ0n) is 13.3. The number of ether oxygens (including phenoxy) is 1. The van der Waals surface area contributed by atoms with Gasteiger partial charge in [-0.1, -0.05) is 13.8 Å². The fraction of sp³-hybridized carbons (Fsp3) is 0.294. The number of hydrogen-bond donors (Lipinski definition) is 1. The first kappa shape index (κ1) is 17.3. The minimum atomic E-state index is -3.74. The van der Waals surface area contributed by atoms with Gasteiger partial charge in [0.05, 0.1) is 11.5 Å². The van der Waals surface area contributed by atoms with Gasteiger partial charge in [0, 0.05) is 5.69 Å². The second-order valence-corrected chi connectivity index (χ2v) is 7.08. The number of nitrogens with one attached hydrogen (secondary N) is 1. The van der Waals surface area contributed by atoms with Gasteiger partial charge in [0.1, 0.15) is 11.6 Å². The van der Waals surface area contributed by atoms with Crippen LogP contribution >= 0.6 is 0 Å². The first-order valence-electron chi connectivity index (χ1n) is 7.38. The summed E-state index contributed by atoms with van der Waals surface area (Å²) in [5.74, 6) is 0.386. The van der Waals surface area contributed by atoms with E-state index >= 15 is 0 Å². The number of hydrogen-bond acceptors (Lipinski definition) is 3. The summed E-state index contributed by atoms with van der Waals surface area (Å²) < 4.78 is 45.9. The highest BCUT2D eigenvalue weighted by Crippen LogP contribution is 2.30. The van der Waals surface area contributed by atoms with Gasteiger partial charge in [0.25, 0.3) is 10.0 Å². The molecule has 1 N–H and O–H groups in total. The van der Waals surface area contributed by atoms with Crippen LogP contribution in [0.5, 0.6) is 5.75 Å². The van der Waals surface area contributed by atoms with Crippen molar-refractivity contribution >= 4 is 15.7 Å². The molecule has 0 saturated heterocycles. The molecule has 0 atom stereocenters. The fourth-order valence-electron chi connectivity index (χ4n) is 2.16. The van der Waals surface area contributed by atoms with Gasteiger partial charge in [-0.15, -0.1) is 0 Å². The van der Waals surface area contributed by atoms with Gasteiger partial charge < -0.3 is 4.74 Å². The molecule has 0 spiro atoms. The zero-order valence-corrected chi connectivity index (χ0v) is 14.2. The van der Waals surface area contributed by atoms with Gasteiger partial charge >= 0.3 is 0 Å². The Bertz CT molecular complexity index is 771. The fourth-order valence-corrected chi connectivity index (χ4v) is 3.26. The largest absolute Gasteiger partial charge is 0.494 e. The van der Waals surface area contributed by atoms with Crippen molar-refractivity contribution in [2.75, 3.05) is 11.3 Å². The highest BCUT2D eigenvalue weighted by Gasteiger charge is 2.18. The first-order chi connectivity index (χ1) is 10.8. The quantitative estimate of drug-likeness (QED) is 0.861. The van der Waals surface area contributed by atoms with E-state index in [9.17, 15) is 12.8 Å². The molecule has 0 unspecified atom stereocenters. The monoisotopic (exact) mass is 337 g/mol. The average Bonchev–Trinajstić information content (AvgIpc) is 2.49. The zero-order chi connectivity index (χ0) is 17.0. The molecule has 0 fully saturated rings. The van der Waals surface area contributed by atoms with Gasteiger partial charge in [-0.3, -0.25) is 4.72 Å². The van der Waals surface area contributed by atoms with E-state index in [2.05, 4.69) is 4.72 Å². The van der Waals surface area contributed by atoms with E-state index in [-0.39, 0.29) is 10.8 Å². The number of anilines is 1. The molecule has 0 amide bonds. The van der Waals surface area contributed by atoms with Crippen LogP contribution in [0, 0.1) is 5.82 Å². The van der Waals surface area contributed by atoms with Crippen LogP contribution in [0.4, 0.5) is 10.1 Å². The number of rotatable bonds is 6. The molecule has 0 aliphatic rings. The molecule has 124 valence electrons. The molecule has 6 heteroatoms. The van der Waals surface area contributed by atoms with Gasteiger partial charge in [0.15, 0.2) is 0 Å². The summed E-state index contributed by atoms with van der Waals surface area (Å²) in [6.45, 7) is 6.34. The molecule has 0 radical (unpaired) electrons. The summed E-state index contributed by atoms with van der Waals surface area (Å²) in [6, 6.07) is 9.95. The maximum Gasteiger partial charge on any atom is 0.261 e. The topological polar surface area (TPSA) is 55.4 Å². The van der Waals surface area contributed by atoms with Gasteiger partial charge in [-0.2, -0.15) is 0 Å². The molecule has 0 aromatic heterocycles. The molecule has 2 aromatic carbocycles. The third-order valence-corrected chi connectivity index (χ3v) is 4.69. The predicted octanol–water partition coefficient (Wildman–Crippen LogP) is 4.15. The van der Waals surface area contributed by atoms with Crippen molar-refractivity contribution in [3.05, 3.63) is 53.8 Å². The van der Waals surface area contributed by atoms with Crippen molar-refractivity contribution in [2.45, 2.75) is 31.6 Å². The molecule has 2 rings (SSSR count). The molecule has 0 heterocycles. The summed E-state index contributed by atoms with van der Waals surface area (Å²) in [4.78, 5) is 0.147. The molecule has 0 aliphatic carbocycles. The molecule has 0 saturated carbocycles. The second-order valence-electron chi connectivity index (χ2n) is 5.40. The maximum atomic E-state index is 12.9. The van der Waals surface area contributed by atoms with Crippen LogP contribution in [0.15, 0.2) is 47.4 Å². The maximum absolute atomic E-state index is 12.9. The standard InChI is InChI=1S/C17H20FNO3S/c1-4-22-17-10-9-15(11-16(17)12(2)3)23(20,21)19-14-7-5-13(18)6-8-14/h5-12,19H,4H2,1-3H3. The molecule has 0 bridgehead atoms. The normalized spacial score (nSPS) is 11.5. The Balaban J connectivity index is 2.35. The van der Waals surface area contributed by atoms with Crippen LogP contribution in [0.25, 0.3) is 0 Å². The summed E-state index contributed by atoms with van der Waals surface area (Å²) >= 11 is 0. The summed E-state index contributed by atoms with van der Waals surface area (Å²) in [6.07, 6.45) is 0. The Morgan fingerprint density at radius 1 is 1.13 bits per heavy atom. The Hall–Kier alpha value is -2.08. The summed E-state index contributed by atoms with van der Waals surface area (Å²) in [7, 11) is -3.74. The second kappa shape index (κ2) is 7.00. The van der Waals surface area contributed by atoms with Gasteiger partial charge in [0.2, 0.25) is 0 Å². The van der Waals surface area contributed by atoms with Gasteiger partial charge in [-0.05, 0) is 60.9 Å². The van der Waals surface area contributed by atoms with E-state index < -0.39 is 15.8 Å². The SMILES string of the molecule is CCOc1ccc(S(=O)(=O)Nc2ccc(F)cc2)cc1C(C)C. The van der Waals surface area contributed by atoms with Crippen LogP contribution in [0.1, 0.15) is 32.3 Å². The van der Waals surface area contributed by atoms with Crippen molar-refractivity contribution in [1.29, 1.82) is 0 Å². The lowest BCUT2D eigenvalue weighted by molar-refractivity contribution is 0.335. The highest BCUT2D eigenvalue weighted by atomic mass is 32.2. The third-order valence-electron chi connectivity index (χ3n) is 3.31. The molecule has 0 aliphatic heterocycles. The molecule has 4 nitrogen and oxygen atoms in total. The molecular formula is C17H20FNO3S. The van der Waals surface area contributed by atoms with Crippen LogP contribution in [0.2, 0.25) is 0 Å². The summed E-state index contributed by atoms with van der Waals surface area (Å²) in [5.41, 5.74) is 1.14. The van der Waals surface area contributed by atoms with Crippen molar-refractivity contribution in [3.63, 3.8) is 0 Å².